The maximum Gasteiger partial charge on any atom is 0.221 e. The maximum atomic E-state index is 11.3. The van der Waals surface area contributed by atoms with Crippen molar-refractivity contribution in [3.63, 3.8) is 0 Å². The lowest BCUT2D eigenvalue weighted by Crippen LogP contribution is -2.38. The fourth-order valence-electron chi connectivity index (χ4n) is 1.27. The molecule has 1 amide bonds. The van der Waals surface area contributed by atoms with Gasteiger partial charge in [-0.2, -0.15) is 0 Å². The molecule has 2 atom stereocenters. The summed E-state index contributed by atoms with van der Waals surface area (Å²) in [6, 6.07) is 0.507. The molecular formula is C11H25N3O. The van der Waals surface area contributed by atoms with Crippen molar-refractivity contribution in [2.24, 2.45) is 5.73 Å². The molecule has 0 aliphatic heterocycles. The van der Waals surface area contributed by atoms with Gasteiger partial charge in [0.15, 0.2) is 0 Å². The Morgan fingerprint density at radius 3 is 2.53 bits per heavy atom. The zero-order valence-electron chi connectivity index (χ0n) is 10.4. The van der Waals surface area contributed by atoms with Crippen LogP contribution in [0.4, 0.5) is 0 Å². The summed E-state index contributed by atoms with van der Waals surface area (Å²) in [4.78, 5) is 13.5. The number of hydrogen-bond donors (Lipinski definition) is 2. The third kappa shape index (κ3) is 7.33. The molecular weight excluding hydrogens is 190 g/mol. The summed E-state index contributed by atoms with van der Waals surface area (Å²) in [6.07, 6.45) is 1.54. The van der Waals surface area contributed by atoms with Crippen molar-refractivity contribution in [3.8, 4) is 0 Å². The van der Waals surface area contributed by atoms with Crippen molar-refractivity contribution in [3.05, 3.63) is 0 Å². The molecule has 0 saturated heterocycles. The molecule has 4 nitrogen and oxygen atoms in total. The molecule has 0 heterocycles. The van der Waals surface area contributed by atoms with E-state index < -0.39 is 0 Å². The highest BCUT2D eigenvalue weighted by Gasteiger charge is 2.07. The van der Waals surface area contributed by atoms with Crippen LogP contribution in [-0.4, -0.2) is 43.0 Å². The Kier molecular flexibility index (Phi) is 7.34. The molecule has 0 aromatic carbocycles. The normalized spacial score (nSPS) is 15.1. The van der Waals surface area contributed by atoms with Crippen molar-refractivity contribution < 1.29 is 4.79 Å². The number of carbonyl (C=O) groups excluding carboxylic acids is 1. The predicted octanol–water partition coefficient (Wildman–Crippen LogP) is 0.570. The average Bonchev–Trinajstić information content (AvgIpc) is 2.15. The summed E-state index contributed by atoms with van der Waals surface area (Å²) in [7, 11) is 2.08. The lowest BCUT2D eigenvalue weighted by Gasteiger charge is -2.23. The summed E-state index contributed by atoms with van der Waals surface area (Å²) >= 11 is 0. The molecule has 0 aliphatic rings. The van der Waals surface area contributed by atoms with Gasteiger partial charge in [0.05, 0.1) is 0 Å². The number of nitrogens with zero attached hydrogens (tertiary/aromatic N) is 1. The monoisotopic (exact) mass is 215 g/mol. The summed E-state index contributed by atoms with van der Waals surface area (Å²) in [6.45, 7) is 7.77. The number of amides is 1. The van der Waals surface area contributed by atoms with Crippen LogP contribution in [0.25, 0.3) is 0 Å². The van der Waals surface area contributed by atoms with Crippen LogP contribution >= 0.6 is 0 Å². The first-order valence-electron chi connectivity index (χ1n) is 5.69. The van der Waals surface area contributed by atoms with Gasteiger partial charge in [-0.15, -0.1) is 0 Å². The van der Waals surface area contributed by atoms with Gasteiger partial charge >= 0.3 is 0 Å². The van der Waals surface area contributed by atoms with E-state index in [1.165, 1.54) is 0 Å². The Hall–Kier alpha value is -0.610. The Bertz CT molecular complexity index is 183. The smallest absolute Gasteiger partial charge is 0.221 e. The van der Waals surface area contributed by atoms with E-state index in [1.54, 1.807) is 0 Å². The fraction of sp³-hybridized carbons (Fsp3) is 0.909. The van der Waals surface area contributed by atoms with E-state index in [2.05, 4.69) is 31.1 Å². The second kappa shape index (κ2) is 7.65. The second-order valence-electron chi connectivity index (χ2n) is 4.27. The molecule has 0 radical (unpaired) electrons. The molecule has 0 aliphatic carbocycles. The highest BCUT2D eigenvalue weighted by Crippen LogP contribution is 1.98. The van der Waals surface area contributed by atoms with Gasteiger partial charge in [-0.25, -0.2) is 0 Å². The Labute approximate surface area is 93.2 Å². The zero-order chi connectivity index (χ0) is 11.8. The van der Waals surface area contributed by atoms with E-state index >= 15 is 0 Å². The van der Waals surface area contributed by atoms with Crippen LogP contribution in [0.1, 0.15) is 33.6 Å². The van der Waals surface area contributed by atoms with Gasteiger partial charge in [0, 0.05) is 31.6 Å². The molecule has 0 aromatic rings. The molecule has 3 N–H and O–H groups in total. The molecule has 4 heteroatoms. The van der Waals surface area contributed by atoms with Crippen LogP contribution in [0.15, 0.2) is 0 Å². The van der Waals surface area contributed by atoms with Gasteiger partial charge in [-0.05, 0) is 27.3 Å². The molecule has 2 unspecified atom stereocenters. The minimum Gasteiger partial charge on any atom is -0.355 e. The summed E-state index contributed by atoms with van der Waals surface area (Å²) in [5.74, 6) is 0.0440. The largest absolute Gasteiger partial charge is 0.355 e. The van der Waals surface area contributed by atoms with Gasteiger partial charge < -0.3 is 16.0 Å². The lowest BCUT2D eigenvalue weighted by molar-refractivity contribution is -0.121. The van der Waals surface area contributed by atoms with Gasteiger partial charge in [0.1, 0.15) is 0 Å². The average molecular weight is 215 g/mol. The van der Waals surface area contributed by atoms with Crippen LogP contribution < -0.4 is 11.1 Å². The van der Waals surface area contributed by atoms with Crippen LogP contribution in [-0.2, 0) is 4.79 Å². The second-order valence-corrected chi connectivity index (χ2v) is 4.27. The minimum atomic E-state index is -0.0581. The van der Waals surface area contributed by atoms with Crippen LogP contribution in [0.3, 0.4) is 0 Å². The predicted molar refractivity (Wildman–Crippen MR) is 63.7 cm³/mol. The topological polar surface area (TPSA) is 58.4 Å². The molecule has 15 heavy (non-hydrogen) atoms. The van der Waals surface area contributed by atoms with Gasteiger partial charge in [-0.1, -0.05) is 6.92 Å². The number of carbonyl (C=O) groups is 1. The van der Waals surface area contributed by atoms with Crippen LogP contribution in [0.2, 0.25) is 0 Å². The van der Waals surface area contributed by atoms with E-state index in [0.717, 1.165) is 13.0 Å². The van der Waals surface area contributed by atoms with Crippen molar-refractivity contribution in [2.75, 3.05) is 20.1 Å². The number of hydrogen-bond acceptors (Lipinski definition) is 3. The first kappa shape index (κ1) is 14.4. The van der Waals surface area contributed by atoms with E-state index in [0.29, 0.717) is 19.0 Å². The summed E-state index contributed by atoms with van der Waals surface area (Å²) < 4.78 is 0. The summed E-state index contributed by atoms with van der Waals surface area (Å²) in [5.41, 5.74) is 5.52. The van der Waals surface area contributed by atoms with Crippen molar-refractivity contribution in [2.45, 2.75) is 45.7 Å². The summed E-state index contributed by atoms with van der Waals surface area (Å²) in [5, 5.41) is 2.86. The Morgan fingerprint density at radius 2 is 2.07 bits per heavy atom. The highest BCUT2D eigenvalue weighted by molar-refractivity contribution is 5.76. The standard InChI is InChI=1S/C11H25N3O/c1-5-10(3)14(4)7-6-13-11(15)8-9(2)12/h9-10H,5-8,12H2,1-4H3,(H,13,15). The van der Waals surface area contributed by atoms with E-state index in [4.69, 9.17) is 5.73 Å². The Balaban J connectivity index is 3.57. The van der Waals surface area contributed by atoms with Crippen LogP contribution in [0.5, 0.6) is 0 Å². The fourth-order valence-corrected chi connectivity index (χ4v) is 1.27. The quantitative estimate of drug-likeness (QED) is 0.653. The number of likely N-dealkylation sites (N-methyl/N-ethyl adjacent to an activating group) is 1. The SMILES string of the molecule is CCC(C)N(C)CCNC(=O)CC(C)N. The maximum absolute atomic E-state index is 11.3. The zero-order valence-corrected chi connectivity index (χ0v) is 10.4. The minimum absolute atomic E-state index is 0.0440. The van der Waals surface area contributed by atoms with Gasteiger partial charge in [-0.3, -0.25) is 4.79 Å². The molecule has 0 fully saturated rings. The van der Waals surface area contributed by atoms with Gasteiger partial charge in [0.2, 0.25) is 5.91 Å². The molecule has 0 bridgehead atoms. The number of nitrogens with one attached hydrogen (secondary N) is 1. The molecule has 0 aromatic heterocycles. The highest BCUT2D eigenvalue weighted by atomic mass is 16.1. The van der Waals surface area contributed by atoms with E-state index in [9.17, 15) is 4.79 Å². The molecule has 0 saturated carbocycles. The van der Waals surface area contributed by atoms with E-state index in [1.807, 2.05) is 6.92 Å². The van der Waals surface area contributed by atoms with Crippen molar-refractivity contribution >= 4 is 5.91 Å². The first-order chi connectivity index (χ1) is 6.97. The molecule has 90 valence electrons. The van der Waals surface area contributed by atoms with Crippen molar-refractivity contribution in [1.29, 1.82) is 0 Å². The Morgan fingerprint density at radius 1 is 1.47 bits per heavy atom. The molecule has 0 spiro atoms. The van der Waals surface area contributed by atoms with E-state index in [-0.39, 0.29) is 11.9 Å². The third-order valence-corrected chi connectivity index (χ3v) is 2.64. The van der Waals surface area contributed by atoms with Crippen LogP contribution in [0, 0.1) is 0 Å². The lowest BCUT2D eigenvalue weighted by atomic mass is 10.2. The first-order valence-corrected chi connectivity index (χ1v) is 5.69. The number of nitrogens with two attached hydrogens (primary N) is 1. The third-order valence-electron chi connectivity index (χ3n) is 2.64. The number of rotatable bonds is 7. The molecule has 0 rings (SSSR count). The van der Waals surface area contributed by atoms with Crippen molar-refractivity contribution in [1.82, 2.24) is 10.2 Å². The van der Waals surface area contributed by atoms with Gasteiger partial charge in [0.25, 0.3) is 0 Å².